The molecule has 1 fully saturated rings. The van der Waals surface area contributed by atoms with Crippen LogP contribution in [0.2, 0.25) is 0 Å². The van der Waals surface area contributed by atoms with E-state index in [1.807, 2.05) is 24.3 Å². The van der Waals surface area contributed by atoms with Crippen molar-refractivity contribution in [3.8, 4) is 5.75 Å². The fourth-order valence-corrected chi connectivity index (χ4v) is 3.32. The van der Waals surface area contributed by atoms with E-state index in [0.29, 0.717) is 5.82 Å². The molecule has 0 amide bonds. The fraction of sp³-hybridized carbons (Fsp3) is 0.250. The summed E-state index contributed by atoms with van der Waals surface area (Å²) in [5.41, 5.74) is 7.26. The topological polar surface area (TPSA) is 51.4 Å². The number of hydrogen-bond acceptors (Lipinski definition) is 4. The van der Waals surface area contributed by atoms with Gasteiger partial charge in [-0.05, 0) is 41.6 Å². The maximum absolute atomic E-state index is 6.19. The summed E-state index contributed by atoms with van der Waals surface area (Å²) in [6.45, 7) is 3.02. The van der Waals surface area contributed by atoms with E-state index in [-0.39, 0.29) is 6.10 Å². The van der Waals surface area contributed by atoms with Crippen LogP contribution in [0.25, 0.3) is 10.8 Å². The molecule has 24 heavy (non-hydrogen) atoms. The summed E-state index contributed by atoms with van der Waals surface area (Å²) >= 11 is 0. The molecule has 2 N–H and O–H groups in total. The minimum absolute atomic E-state index is 0.241. The zero-order valence-electron chi connectivity index (χ0n) is 13.6. The predicted molar refractivity (Wildman–Crippen MR) is 96.9 cm³/mol. The Bertz CT molecular complexity index is 835. The Morgan fingerprint density at radius 2 is 2.00 bits per heavy atom. The van der Waals surface area contributed by atoms with Gasteiger partial charge in [-0.1, -0.05) is 30.3 Å². The first-order valence-electron chi connectivity index (χ1n) is 8.35. The van der Waals surface area contributed by atoms with Crippen LogP contribution in [-0.4, -0.2) is 29.1 Å². The summed E-state index contributed by atoms with van der Waals surface area (Å²) in [6, 6.07) is 18.6. The molecule has 0 saturated carbocycles. The van der Waals surface area contributed by atoms with E-state index in [0.717, 1.165) is 42.6 Å². The first-order valence-corrected chi connectivity index (χ1v) is 8.35. The highest BCUT2D eigenvalue weighted by Gasteiger charge is 2.24. The Balaban J connectivity index is 1.41. The smallest absolute Gasteiger partial charge is 0.131 e. The van der Waals surface area contributed by atoms with Gasteiger partial charge in [0, 0.05) is 31.2 Å². The molecule has 4 nitrogen and oxygen atoms in total. The Hall–Kier alpha value is -2.59. The van der Waals surface area contributed by atoms with Crippen LogP contribution in [0.1, 0.15) is 12.0 Å². The maximum atomic E-state index is 6.19. The zero-order valence-corrected chi connectivity index (χ0v) is 13.6. The molecule has 0 radical (unpaired) electrons. The van der Waals surface area contributed by atoms with Crippen LogP contribution >= 0.6 is 0 Å². The van der Waals surface area contributed by atoms with E-state index in [2.05, 4.69) is 40.2 Å². The summed E-state index contributed by atoms with van der Waals surface area (Å²) in [5.74, 6) is 1.47. The Morgan fingerprint density at radius 1 is 1.12 bits per heavy atom. The lowest BCUT2D eigenvalue weighted by atomic mass is 10.1. The predicted octanol–water partition coefficient (Wildman–Crippen LogP) is 3.47. The van der Waals surface area contributed by atoms with E-state index in [4.69, 9.17) is 10.5 Å². The van der Waals surface area contributed by atoms with Crippen molar-refractivity contribution in [3.05, 3.63) is 66.4 Å². The van der Waals surface area contributed by atoms with Crippen LogP contribution in [0, 0.1) is 0 Å². The van der Waals surface area contributed by atoms with E-state index in [1.165, 1.54) is 5.56 Å². The average molecular weight is 319 g/mol. The number of fused-ring (bicyclic) bond motifs is 1. The largest absolute Gasteiger partial charge is 0.489 e. The molecule has 4 rings (SSSR count). The van der Waals surface area contributed by atoms with Crippen molar-refractivity contribution in [1.82, 2.24) is 9.88 Å². The van der Waals surface area contributed by atoms with Crippen LogP contribution in [0.4, 0.5) is 5.82 Å². The van der Waals surface area contributed by atoms with E-state index >= 15 is 0 Å². The van der Waals surface area contributed by atoms with Gasteiger partial charge in [0.25, 0.3) is 0 Å². The number of nitrogens with zero attached hydrogens (tertiary/aromatic N) is 2. The molecule has 4 heteroatoms. The number of rotatable bonds is 4. The lowest BCUT2D eigenvalue weighted by molar-refractivity contribution is 0.198. The van der Waals surface area contributed by atoms with Gasteiger partial charge in [-0.2, -0.15) is 0 Å². The third-order valence-corrected chi connectivity index (χ3v) is 4.55. The number of ether oxygens (including phenoxy) is 1. The number of likely N-dealkylation sites (tertiary alicyclic amines) is 1. The van der Waals surface area contributed by atoms with Gasteiger partial charge < -0.3 is 10.5 Å². The summed E-state index contributed by atoms with van der Waals surface area (Å²) in [5, 5.41) is 2.04. The molecule has 3 aromatic rings. The van der Waals surface area contributed by atoms with Crippen LogP contribution in [0.3, 0.4) is 0 Å². The molecule has 0 spiro atoms. The molecule has 0 bridgehead atoms. The summed E-state index contributed by atoms with van der Waals surface area (Å²) in [7, 11) is 0. The quantitative estimate of drug-likeness (QED) is 0.800. The van der Waals surface area contributed by atoms with Gasteiger partial charge in [0.2, 0.25) is 0 Å². The summed E-state index contributed by atoms with van der Waals surface area (Å²) < 4.78 is 6.19. The van der Waals surface area contributed by atoms with Gasteiger partial charge in [-0.15, -0.1) is 0 Å². The number of nitrogen functional groups attached to an aromatic ring is 1. The van der Waals surface area contributed by atoms with Crippen LogP contribution in [0.15, 0.2) is 60.8 Å². The normalized spacial score (nSPS) is 18.1. The second kappa shape index (κ2) is 6.49. The van der Waals surface area contributed by atoms with E-state index in [1.54, 1.807) is 6.20 Å². The SMILES string of the molecule is Nc1nccc2cc(O[C@@H]3CCN(Cc4ccccc4)C3)ccc12. The molecular formula is C20H21N3O. The van der Waals surface area contributed by atoms with Crippen molar-refractivity contribution in [1.29, 1.82) is 0 Å². The highest BCUT2D eigenvalue weighted by Crippen LogP contribution is 2.26. The van der Waals surface area contributed by atoms with E-state index in [9.17, 15) is 0 Å². The first-order chi connectivity index (χ1) is 11.8. The lowest BCUT2D eigenvalue weighted by Crippen LogP contribution is -2.24. The standard InChI is InChI=1S/C20H21N3O/c21-20-19-7-6-17(12-16(19)8-10-22-20)24-18-9-11-23(14-18)13-15-4-2-1-3-5-15/h1-8,10,12,18H,9,11,13-14H2,(H2,21,22)/t18-/m1/s1. The molecule has 1 atom stereocenters. The zero-order chi connectivity index (χ0) is 16.4. The number of benzene rings is 2. The maximum Gasteiger partial charge on any atom is 0.131 e. The Labute approximate surface area is 141 Å². The lowest BCUT2D eigenvalue weighted by Gasteiger charge is -2.17. The molecule has 122 valence electrons. The number of aromatic nitrogens is 1. The third kappa shape index (κ3) is 3.19. The number of anilines is 1. The highest BCUT2D eigenvalue weighted by molar-refractivity contribution is 5.91. The van der Waals surface area contributed by atoms with Gasteiger partial charge in [-0.25, -0.2) is 4.98 Å². The molecule has 1 aromatic heterocycles. The minimum atomic E-state index is 0.241. The second-order valence-electron chi connectivity index (χ2n) is 6.33. The summed E-state index contributed by atoms with van der Waals surface area (Å²) in [6.07, 6.45) is 3.03. The highest BCUT2D eigenvalue weighted by atomic mass is 16.5. The Kier molecular flexibility index (Phi) is 4.05. The molecule has 2 aromatic carbocycles. The molecule has 0 unspecified atom stereocenters. The monoisotopic (exact) mass is 319 g/mol. The molecular weight excluding hydrogens is 298 g/mol. The fourth-order valence-electron chi connectivity index (χ4n) is 3.32. The van der Waals surface area contributed by atoms with Crippen LogP contribution in [0.5, 0.6) is 5.75 Å². The van der Waals surface area contributed by atoms with Crippen molar-refractivity contribution in [3.63, 3.8) is 0 Å². The molecule has 2 heterocycles. The van der Waals surface area contributed by atoms with Gasteiger partial charge in [0.05, 0.1) is 0 Å². The van der Waals surface area contributed by atoms with Crippen molar-refractivity contribution in [2.75, 3.05) is 18.8 Å². The van der Waals surface area contributed by atoms with Gasteiger partial charge >= 0.3 is 0 Å². The molecule has 1 aliphatic rings. The summed E-state index contributed by atoms with van der Waals surface area (Å²) in [4.78, 5) is 6.57. The van der Waals surface area contributed by atoms with Crippen molar-refractivity contribution in [2.45, 2.75) is 19.1 Å². The first kappa shape index (κ1) is 15.0. The number of hydrogen-bond donors (Lipinski definition) is 1. The van der Waals surface area contributed by atoms with Crippen LogP contribution in [-0.2, 0) is 6.54 Å². The van der Waals surface area contributed by atoms with Crippen LogP contribution < -0.4 is 10.5 Å². The van der Waals surface area contributed by atoms with Crippen molar-refractivity contribution >= 4 is 16.6 Å². The third-order valence-electron chi connectivity index (χ3n) is 4.55. The molecule has 1 saturated heterocycles. The second-order valence-corrected chi connectivity index (χ2v) is 6.33. The van der Waals surface area contributed by atoms with Crippen molar-refractivity contribution in [2.24, 2.45) is 0 Å². The van der Waals surface area contributed by atoms with Crippen molar-refractivity contribution < 1.29 is 4.74 Å². The average Bonchev–Trinajstić information content (AvgIpc) is 3.03. The van der Waals surface area contributed by atoms with Gasteiger partial charge in [-0.3, -0.25) is 4.90 Å². The Morgan fingerprint density at radius 3 is 2.88 bits per heavy atom. The number of pyridine rings is 1. The number of nitrogens with two attached hydrogens (primary N) is 1. The minimum Gasteiger partial charge on any atom is -0.489 e. The molecule has 1 aliphatic heterocycles. The van der Waals surface area contributed by atoms with E-state index < -0.39 is 0 Å². The molecule has 0 aliphatic carbocycles. The van der Waals surface area contributed by atoms with Gasteiger partial charge in [0.15, 0.2) is 0 Å². The van der Waals surface area contributed by atoms with Gasteiger partial charge in [0.1, 0.15) is 17.7 Å².